The Kier molecular flexibility index (Phi) is 12.5. The van der Waals surface area contributed by atoms with Gasteiger partial charge in [-0.2, -0.15) is 4.33 Å². The normalized spacial score (nSPS) is 11.4. The fourth-order valence-electron chi connectivity index (χ4n) is 2.26. The topological polar surface area (TPSA) is 133 Å². The van der Waals surface area contributed by atoms with Gasteiger partial charge in [-0.25, -0.2) is 16.8 Å². The summed E-state index contributed by atoms with van der Waals surface area (Å²) in [5.41, 5.74) is -0.0828. The molecule has 0 amide bonds. The number of benzene rings is 2. The van der Waals surface area contributed by atoms with E-state index in [1.165, 1.54) is 24.3 Å². The van der Waals surface area contributed by atoms with Crippen molar-refractivity contribution in [1.29, 1.82) is 0 Å². The monoisotopic (exact) mass is 486 g/mol. The molecule has 29 heavy (non-hydrogen) atoms. The molecular formula is C14H10Cl2Li2O8S3. The summed E-state index contributed by atoms with van der Waals surface area (Å²) in [6.07, 6.45) is 0. The number of hydrogen-bond donors (Lipinski definition) is 0. The van der Waals surface area contributed by atoms with E-state index in [4.69, 9.17) is 23.2 Å². The van der Waals surface area contributed by atoms with Crippen LogP contribution in [0.15, 0.2) is 46.2 Å². The Hall–Kier alpha value is 0.305. The average molecular weight is 487 g/mol. The Morgan fingerprint density at radius 3 is 1.86 bits per heavy atom. The summed E-state index contributed by atoms with van der Waals surface area (Å²) in [6.45, 7) is 0. The zero-order chi connectivity index (χ0) is 20.2. The van der Waals surface area contributed by atoms with E-state index in [1.54, 1.807) is 0 Å². The molecule has 2 rings (SSSR count). The molecule has 0 saturated carbocycles. The van der Waals surface area contributed by atoms with Crippen LogP contribution in [0.25, 0.3) is 0 Å². The van der Waals surface area contributed by atoms with Crippen LogP contribution in [0.3, 0.4) is 0 Å². The second-order valence-corrected chi connectivity index (χ2v) is 9.93. The first kappa shape index (κ1) is 29.3. The third-order valence-electron chi connectivity index (χ3n) is 3.25. The van der Waals surface area contributed by atoms with E-state index < -0.39 is 25.7 Å². The van der Waals surface area contributed by atoms with Crippen LogP contribution in [0.4, 0.5) is 0 Å². The number of rotatable bonds is 8. The molecular weight excluding hydrogens is 477 g/mol. The largest absolute Gasteiger partial charge is 1.00 e. The Balaban J connectivity index is 0.00000392. The first-order valence-electron chi connectivity index (χ1n) is 6.88. The maximum Gasteiger partial charge on any atom is 1.00 e. The first-order chi connectivity index (χ1) is 12.5. The van der Waals surface area contributed by atoms with Gasteiger partial charge < -0.3 is 9.81 Å². The van der Waals surface area contributed by atoms with E-state index in [2.05, 4.69) is 9.37 Å². The van der Waals surface area contributed by atoms with Crippen molar-refractivity contribution in [2.24, 2.45) is 0 Å². The Morgan fingerprint density at radius 2 is 1.38 bits per heavy atom. The molecule has 0 aromatic heterocycles. The van der Waals surface area contributed by atoms with Gasteiger partial charge >= 0.3 is 37.7 Å². The van der Waals surface area contributed by atoms with Crippen LogP contribution in [-0.2, 0) is 40.8 Å². The maximum absolute atomic E-state index is 13.1. The van der Waals surface area contributed by atoms with Gasteiger partial charge in [-0.1, -0.05) is 23.2 Å². The van der Waals surface area contributed by atoms with E-state index in [1.807, 2.05) is 0 Å². The summed E-state index contributed by atoms with van der Waals surface area (Å²) < 4.78 is 63.7. The molecule has 0 aliphatic rings. The molecule has 15 heteroatoms. The van der Waals surface area contributed by atoms with E-state index in [0.29, 0.717) is 12.0 Å². The summed E-state index contributed by atoms with van der Waals surface area (Å²) in [6, 6.07) is 7.36. The fraction of sp³-hybridized carbons (Fsp3) is 0.143. The third kappa shape index (κ3) is 8.39. The van der Waals surface area contributed by atoms with Gasteiger partial charge in [0, 0.05) is 27.8 Å². The van der Waals surface area contributed by atoms with E-state index >= 15 is 0 Å². The summed E-state index contributed by atoms with van der Waals surface area (Å²) in [5.74, 6) is -1.16. The van der Waals surface area contributed by atoms with Gasteiger partial charge in [-0.3, -0.25) is 5.04 Å². The van der Waals surface area contributed by atoms with Crippen LogP contribution < -0.4 is 43.0 Å². The van der Waals surface area contributed by atoms with E-state index in [0.717, 1.165) is 12.1 Å². The van der Waals surface area contributed by atoms with Gasteiger partial charge in [0.25, 0.3) is 0 Å². The minimum atomic E-state index is -4.76. The molecule has 148 valence electrons. The number of sulfone groups is 1. The Labute approximate surface area is 206 Å². The van der Waals surface area contributed by atoms with Gasteiger partial charge in [-0.15, -0.1) is 0 Å². The van der Waals surface area contributed by atoms with Gasteiger partial charge in [-0.05, 0) is 47.5 Å². The minimum Gasteiger partial charge on any atom is -0.748 e. The zero-order valence-corrected chi connectivity index (χ0v) is 19.1. The van der Waals surface area contributed by atoms with Crippen LogP contribution in [0.5, 0.6) is 0 Å². The number of halogens is 2. The molecule has 0 atom stereocenters. The van der Waals surface area contributed by atoms with Crippen molar-refractivity contribution < 1.29 is 73.7 Å². The molecule has 0 aliphatic carbocycles. The molecule has 0 N–H and O–H groups in total. The smallest absolute Gasteiger partial charge is 0.748 e. The molecule has 8 nitrogen and oxygen atoms in total. The summed E-state index contributed by atoms with van der Waals surface area (Å²) in [7, 11) is -9.01. The van der Waals surface area contributed by atoms with Crippen molar-refractivity contribution in [3.63, 3.8) is 0 Å². The summed E-state index contributed by atoms with van der Waals surface area (Å²) >= 11 is 12.2. The Bertz CT molecular complexity index is 1050. The molecule has 0 aliphatic heterocycles. The van der Waals surface area contributed by atoms with Gasteiger partial charge in [0.1, 0.15) is 0 Å². The van der Waals surface area contributed by atoms with Crippen molar-refractivity contribution >= 4 is 55.2 Å². The minimum absolute atomic E-state index is 0. The molecule has 0 heterocycles. The molecule has 2 aromatic rings. The van der Waals surface area contributed by atoms with Crippen molar-refractivity contribution in [1.82, 2.24) is 0 Å². The Morgan fingerprint density at radius 1 is 0.897 bits per heavy atom. The van der Waals surface area contributed by atoms with Crippen molar-refractivity contribution in [2.45, 2.75) is 21.3 Å². The van der Waals surface area contributed by atoms with Crippen LogP contribution >= 0.6 is 35.2 Å². The molecule has 0 unspecified atom stereocenters. The second kappa shape index (κ2) is 12.4. The number of hydrogen-bond acceptors (Lipinski definition) is 9. The molecule has 0 fully saturated rings. The predicted octanol–water partition coefficient (Wildman–Crippen LogP) is -3.75. The van der Waals surface area contributed by atoms with Crippen molar-refractivity contribution in [2.75, 3.05) is 0 Å². The van der Waals surface area contributed by atoms with E-state index in [9.17, 15) is 26.6 Å². The average Bonchev–Trinajstić information content (AvgIpc) is 2.53. The second-order valence-electron chi connectivity index (χ2n) is 5.11. The summed E-state index contributed by atoms with van der Waals surface area (Å²) in [4.78, 5) is -0.596. The molecule has 0 spiro atoms. The van der Waals surface area contributed by atoms with Crippen LogP contribution in [0, 0.1) is 0 Å². The summed E-state index contributed by atoms with van der Waals surface area (Å²) in [5, 5.41) is 13.4. The molecule has 0 saturated heterocycles. The van der Waals surface area contributed by atoms with Crippen LogP contribution in [-0.4, -0.2) is 21.4 Å². The molecule has 0 radical (unpaired) electrons. The maximum atomic E-state index is 13.1. The van der Waals surface area contributed by atoms with Crippen molar-refractivity contribution in [3.8, 4) is 0 Å². The zero-order valence-electron chi connectivity index (χ0n) is 15.1. The quantitative estimate of drug-likeness (QED) is 0.0920. The van der Waals surface area contributed by atoms with E-state index in [-0.39, 0.29) is 74.4 Å². The van der Waals surface area contributed by atoms with Gasteiger partial charge in [0.05, 0.1) is 25.7 Å². The van der Waals surface area contributed by atoms with Crippen LogP contribution in [0.2, 0.25) is 10.0 Å². The molecule has 2 aromatic carbocycles. The van der Waals surface area contributed by atoms with Crippen molar-refractivity contribution in [3.05, 3.63) is 57.6 Å². The SMILES string of the molecule is O=S(=O)([O-])Cc1cc(Cl)ccc1S(=O)(=O)c1ccc(Cl)cc1CSOO[O-].[Li+].[Li+]. The standard InChI is InChI=1S/C14H12Cl2O8S3.2Li/c15-11-1-3-13(9(5-11)7-25-24-23-17)27(21,22)14-4-2-12(16)6-10(14)8-26(18,19)20;;/h1-6,17H,7-8H2,(H,18,19,20);;/q;2*+1/p-2. The first-order valence-corrected chi connectivity index (χ1v) is 11.6. The third-order valence-corrected chi connectivity index (χ3v) is 6.92. The van der Waals surface area contributed by atoms with Gasteiger partial charge in [0.2, 0.25) is 9.84 Å². The van der Waals surface area contributed by atoms with Gasteiger partial charge in [0.15, 0.2) is 0 Å². The molecule has 0 bridgehead atoms. The predicted molar refractivity (Wildman–Crippen MR) is 95.2 cm³/mol. The van der Waals surface area contributed by atoms with Crippen LogP contribution in [0.1, 0.15) is 11.1 Å². The fourth-order valence-corrected chi connectivity index (χ4v) is 5.59.